The zero-order valence-electron chi connectivity index (χ0n) is 29.8. The molecule has 52 heavy (non-hydrogen) atoms. The second kappa shape index (κ2) is 10.2. The van der Waals surface area contributed by atoms with E-state index in [4.69, 9.17) is 4.42 Å². The van der Waals surface area contributed by atoms with Gasteiger partial charge < -0.3 is 9.32 Å². The monoisotopic (exact) mass is 667 g/mol. The lowest BCUT2D eigenvalue weighted by Crippen LogP contribution is -2.17. The Hall–Kier alpha value is -6.12. The van der Waals surface area contributed by atoms with Gasteiger partial charge in [0, 0.05) is 33.0 Å². The largest absolute Gasteiger partial charge is 0.454 e. The van der Waals surface area contributed by atoms with Crippen LogP contribution in [0.1, 0.15) is 49.9 Å². The van der Waals surface area contributed by atoms with Crippen LogP contribution >= 0.6 is 0 Å². The van der Waals surface area contributed by atoms with E-state index in [9.17, 15) is 0 Å². The molecule has 2 nitrogen and oxygen atoms in total. The molecule has 1 aromatic heterocycles. The molecule has 2 aliphatic carbocycles. The van der Waals surface area contributed by atoms with Gasteiger partial charge in [-0.25, -0.2) is 0 Å². The summed E-state index contributed by atoms with van der Waals surface area (Å²) in [6.45, 7) is 9.62. The first-order valence-electron chi connectivity index (χ1n) is 18.3. The van der Waals surface area contributed by atoms with Gasteiger partial charge in [-0.05, 0) is 127 Å². The van der Waals surface area contributed by atoms with Crippen molar-refractivity contribution in [3.05, 3.63) is 174 Å². The molecular weight excluding hydrogens is 631 g/mol. The minimum absolute atomic E-state index is 0.0944. The minimum Gasteiger partial charge on any atom is -0.454 e. The zero-order chi connectivity index (χ0) is 34.9. The molecular formula is C50H37NO. The third-order valence-electron chi connectivity index (χ3n) is 12.2. The highest BCUT2D eigenvalue weighted by atomic mass is 16.3. The summed E-state index contributed by atoms with van der Waals surface area (Å²) in [6, 6.07) is 55.8. The summed E-state index contributed by atoms with van der Waals surface area (Å²) in [6.07, 6.45) is 0. The molecule has 9 aromatic rings. The number of nitrogens with zero attached hydrogens (tertiary/aromatic N) is 1. The van der Waals surface area contributed by atoms with E-state index in [0.717, 1.165) is 39.0 Å². The van der Waals surface area contributed by atoms with Gasteiger partial charge in [0.25, 0.3) is 0 Å². The number of anilines is 3. The highest BCUT2D eigenvalue weighted by Gasteiger charge is 2.42. The first kappa shape index (κ1) is 29.6. The Kier molecular flexibility index (Phi) is 5.83. The van der Waals surface area contributed by atoms with Crippen LogP contribution in [0.2, 0.25) is 0 Å². The predicted octanol–water partition coefficient (Wildman–Crippen LogP) is 14.0. The molecule has 2 aliphatic rings. The van der Waals surface area contributed by atoms with E-state index in [0.29, 0.717) is 0 Å². The highest BCUT2D eigenvalue weighted by Crippen LogP contribution is 2.58. The normalized spacial score (nSPS) is 14.8. The lowest BCUT2D eigenvalue weighted by atomic mass is 9.78. The number of hydrogen-bond donors (Lipinski definition) is 0. The van der Waals surface area contributed by atoms with Crippen molar-refractivity contribution in [2.24, 2.45) is 0 Å². The number of rotatable bonds is 3. The predicted molar refractivity (Wildman–Crippen MR) is 219 cm³/mol. The van der Waals surface area contributed by atoms with Crippen LogP contribution in [0, 0.1) is 0 Å². The fraction of sp³-hybridized carbons (Fsp3) is 0.120. The van der Waals surface area contributed by atoms with Gasteiger partial charge in [0.1, 0.15) is 5.58 Å². The third-order valence-corrected chi connectivity index (χ3v) is 12.2. The molecule has 0 atom stereocenters. The summed E-state index contributed by atoms with van der Waals surface area (Å²) < 4.78 is 6.57. The first-order valence-corrected chi connectivity index (χ1v) is 18.3. The number of para-hydroxylation sites is 3. The zero-order valence-corrected chi connectivity index (χ0v) is 29.8. The number of fused-ring (bicyclic) bond motifs is 12. The molecule has 0 N–H and O–H groups in total. The maximum absolute atomic E-state index is 6.57. The van der Waals surface area contributed by atoms with E-state index >= 15 is 0 Å². The van der Waals surface area contributed by atoms with Gasteiger partial charge >= 0.3 is 0 Å². The fourth-order valence-corrected chi connectivity index (χ4v) is 9.61. The van der Waals surface area contributed by atoms with Crippen molar-refractivity contribution in [2.45, 2.75) is 38.5 Å². The summed E-state index contributed by atoms with van der Waals surface area (Å²) in [5.74, 6) is 0. The van der Waals surface area contributed by atoms with Gasteiger partial charge in [-0.1, -0.05) is 119 Å². The lowest BCUT2D eigenvalue weighted by Gasteiger charge is -2.26. The molecule has 0 saturated heterocycles. The van der Waals surface area contributed by atoms with Gasteiger partial charge in [0.2, 0.25) is 0 Å². The van der Waals surface area contributed by atoms with Crippen molar-refractivity contribution in [1.29, 1.82) is 0 Å². The fourth-order valence-electron chi connectivity index (χ4n) is 9.61. The Labute approximate surface area is 303 Å². The van der Waals surface area contributed by atoms with Gasteiger partial charge in [-0.15, -0.1) is 0 Å². The van der Waals surface area contributed by atoms with Crippen molar-refractivity contribution in [3.63, 3.8) is 0 Å². The minimum atomic E-state index is -0.146. The first-order chi connectivity index (χ1) is 25.3. The molecule has 11 rings (SSSR count). The Morgan fingerprint density at radius 3 is 1.92 bits per heavy atom. The van der Waals surface area contributed by atoms with Gasteiger partial charge in [0.15, 0.2) is 5.58 Å². The summed E-state index contributed by atoms with van der Waals surface area (Å²) in [7, 11) is 0. The molecule has 0 aliphatic heterocycles. The Morgan fingerprint density at radius 1 is 0.423 bits per heavy atom. The van der Waals surface area contributed by atoms with E-state index in [-0.39, 0.29) is 10.8 Å². The van der Waals surface area contributed by atoms with E-state index in [1.807, 2.05) is 6.07 Å². The molecule has 0 bridgehead atoms. The number of hydrogen-bond acceptors (Lipinski definition) is 2. The number of furan rings is 1. The average Bonchev–Trinajstić information content (AvgIpc) is 3.74. The third kappa shape index (κ3) is 3.90. The van der Waals surface area contributed by atoms with Crippen molar-refractivity contribution >= 4 is 60.5 Å². The average molecular weight is 668 g/mol. The van der Waals surface area contributed by atoms with Crippen LogP contribution in [0.3, 0.4) is 0 Å². The van der Waals surface area contributed by atoms with Crippen LogP contribution in [0.25, 0.3) is 65.7 Å². The van der Waals surface area contributed by atoms with Gasteiger partial charge in [-0.2, -0.15) is 0 Å². The van der Waals surface area contributed by atoms with Gasteiger partial charge in [-0.3, -0.25) is 0 Å². The molecule has 248 valence electrons. The summed E-state index contributed by atoms with van der Waals surface area (Å²) in [5.41, 5.74) is 15.9. The van der Waals surface area contributed by atoms with E-state index in [1.165, 1.54) is 66.1 Å². The van der Waals surface area contributed by atoms with Crippen molar-refractivity contribution in [1.82, 2.24) is 0 Å². The van der Waals surface area contributed by atoms with Crippen molar-refractivity contribution in [2.75, 3.05) is 4.90 Å². The van der Waals surface area contributed by atoms with Crippen LogP contribution in [-0.4, -0.2) is 0 Å². The Morgan fingerprint density at radius 2 is 1.08 bits per heavy atom. The Balaban J connectivity index is 1.08. The maximum atomic E-state index is 6.57. The molecule has 8 aromatic carbocycles. The van der Waals surface area contributed by atoms with Gasteiger partial charge in [0.05, 0.1) is 5.69 Å². The van der Waals surface area contributed by atoms with E-state index < -0.39 is 0 Å². The van der Waals surface area contributed by atoms with Crippen LogP contribution < -0.4 is 4.90 Å². The van der Waals surface area contributed by atoms with E-state index in [2.05, 4.69) is 178 Å². The second-order valence-corrected chi connectivity index (χ2v) is 15.8. The molecule has 2 heteroatoms. The second-order valence-electron chi connectivity index (χ2n) is 15.8. The maximum Gasteiger partial charge on any atom is 0.159 e. The topological polar surface area (TPSA) is 16.4 Å². The summed E-state index contributed by atoms with van der Waals surface area (Å²) >= 11 is 0. The molecule has 0 radical (unpaired) electrons. The van der Waals surface area contributed by atoms with Crippen LogP contribution in [0.5, 0.6) is 0 Å². The SMILES string of the molecule is CC1(C)c2cc3c(cc2-c2cc4ccc(N(c5ccccc5)c5cccc6c5oc5ccccc56)cc4cc21)C(C)(C)c1c-3ccc2ccccc12. The summed E-state index contributed by atoms with van der Waals surface area (Å²) in [5, 5.41) is 7.41. The summed E-state index contributed by atoms with van der Waals surface area (Å²) in [4.78, 5) is 2.34. The standard InChI is InChI=1S/C50H37NO/c1-49(2)42-27-32-25-34(51(33-14-6-5-7-15-33)45-19-12-18-38-36-17-10-11-20-46(36)52-48(38)45)23-21-31(32)26-39(42)41-29-44-40(28-43(41)49)37-24-22-30-13-8-9-16-35(30)47(37)50(44,3)4/h5-29H,1-4H3. The number of benzene rings is 8. The Bertz CT molecular complexity index is 2960. The molecule has 0 spiro atoms. The molecule has 0 amide bonds. The van der Waals surface area contributed by atoms with Crippen LogP contribution in [0.15, 0.2) is 156 Å². The molecule has 0 unspecified atom stereocenters. The molecule has 1 heterocycles. The molecule has 0 saturated carbocycles. The lowest BCUT2D eigenvalue weighted by molar-refractivity contribution is 0.655. The van der Waals surface area contributed by atoms with E-state index in [1.54, 1.807) is 0 Å². The van der Waals surface area contributed by atoms with Crippen molar-refractivity contribution in [3.8, 4) is 22.3 Å². The van der Waals surface area contributed by atoms with Crippen LogP contribution in [0.4, 0.5) is 17.1 Å². The van der Waals surface area contributed by atoms with Crippen molar-refractivity contribution < 1.29 is 4.42 Å². The quantitative estimate of drug-likeness (QED) is 0.186. The highest BCUT2D eigenvalue weighted by molar-refractivity contribution is 6.10. The smallest absolute Gasteiger partial charge is 0.159 e. The van der Waals surface area contributed by atoms with Crippen LogP contribution in [-0.2, 0) is 10.8 Å². The molecule has 0 fully saturated rings.